The molecule has 0 aliphatic carbocycles. The Morgan fingerprint density at radius 1 is 1.19 bits per heavy atom. The summed E-state index contributed by atoms with van der Waals surface area (Å²) < 4.78 is 5.19. The number of rotatable bonds is 6. The van der Waals surface area contributed by atoms with Crippen molar-refractivity contribution in [1.29, 1.82) is 0 Å². The first kappa shape index (κ1) is 14.7. The second-order valence-electron chi connectivity index (χ2n) is 4.68. The molecule has 0 N–H and O–H groups in total. The summed E-state index contributed by atoms with van der Waals surface area (Å²) in [5.41, 5.74) is 3.15. The third-order valence-corrected chi connectivity index (χ3v) is 3.28. The van der Waals surface area contributed by atoms with E-state index in [0.717, 1.165) is 30.1 Å². The average Bonchev–Trinajstić information content (AvgIpc) is 2.55. The molecule has 0 heterocycles. The predicted octanol–water partition coefficient (Wildman–Crippen LogP) is 3.87. The number of anilines is 1. The van der Waals surface area contributed by atoms with Crippen LogP contribution in [-0.4, -0.2) is 13.7 Å². The van der Waals surface area contributed by atoms with Crippen LogP contribution in [0.2, 0.25) is 0 Å². The van der Waals surface area contributed by atoms with Crippen LogP contribution in [0, 0.1) is 12.3 Å². The summed E-state index contributed by atoms with van der Waals surface area (Å²) in [7, 11) is 1.67. The van der Waals surface area contributed by atoms with Crippen LogP contribution in [0.3, 0.4) is 0 Å². The number of ether oxygens (including phenoxy) is 1. The topological polar surface area (TPSA) is 12.5 Å². The molecule has 0 saturated carbocycles. The average molecular weight is 277 g/mol. The minimum Gasteiger partial charge on any atom is -0.497 e. The van der Waals surface area contributed by atoms with E-state index in [-0.39, 0.29) is 0 Å². The Morgan fingerprint density at radius 3 is 2.52 bits per heavy atom. The molecule has 0 radical (unpaired) electrons. The van der Waals surface area contributed by atoms with Crippen molar-refractivity contribution >= 4 is 5.69 Å². The SMILES string of the molecule is C#Cc1ccccc1N(CC=C)Cc1ccc(OC)cc1. The van der Waals surface area contributed by atoms with E-state index >= 15 is 0 Å². The third kappa shape index (κ3) is 3.67. The van der Waals surface area contributed by atoms with Crippen LogP contribution < -0.4 is 9.64 Å². The fourth-order valence-corrected chi connectivity index (χ4v) is 2.23. The molecule has 0 unspecified atom stereocenters. The van der Waals surface area contributed by atoms with Crippen LogP contribution in [-0.2, 0) is 6.54 Å². The summed E-state index contributed by atoms with van der Waals surface area (Å²) in [6, 6.07) is 16.0. The van der Waals surface area contributed by atoms with Gasteiger partial charge in [-0.05, 0) is 29.8 Å². The molecular weight excluding hydrogens is 258 g/mol. The van der Waals surface area contributed by atoms with Crippen molar-refractivity contribution in [2.75, 3.05) is 18.6 Å². The lowest BCUT2D eigenvalue weighted by Crippen LogP contribution is -2.23. The molecular formula is C19H19NO. The Balaban J connectivity index is 2.26. The molecule has 0 aliphatic rings. The van der Waals surface area contributed by atoms with Gasteiger partial charge in [0.25, 0.3) is 0 Å². The molecule has 0 aliphatic heterocycles. The molecule has 2 aromatic rings. The lowest BCUT2D eigenvalue weighted by atomic mass is 10.1. The summed E-state index contributed by atoms with van der Waals surface area (Å²) in [6.07, 6.45) is 7.48. The van der Waals surface area contributed by atoms with Gasteiger partial charge in [-0.1, -0.05) is 36.3 Å². The van der Waals surface area contributed by atoms with Crippen LogP contribution >= 0.6 is 0 Å². The highest BCUT2D eigenvalue weighted by Gasteiger charge is 2.09. The highest BCUT2D eigenvalue weighted by atomic mass is 16.5. The van der Waals surface area contributed by atoms with Gasteiger partial charge in [-0.25, -0.2) is 0 Å². The van der Waals surface area contributed by atoms with E-state index in [9.17, 15) is 0 Å². The molecule has 2 nitrogen and oxygen atoms in total. The predicted molar refractivity (Wildman–Crippen MR) is 88.6 cm³/mol. The molecule has 0 bridgehead atoms. The van der Waals surface area contributed by atoms with E-state index in [1.807, 2.05) is 42.5 Å². The fourth-order valence-electron chi connectivity index (χ4n) is 2.23. The van der Waals surface area contributed by atoms with Crippen molar-refractivity contribution in [3.8, 4) is 18.1 Å². The standard InChI is InChI=1S/C19H19NO/c1-4-14-20(19-9-7-6-8-17(19)5-2)15-16-10-12-18(21-3)13-11-16/h2,4,6-13H,1,14-15H2,3H3. The maximum absolute atomic E-state index is 5.60. The molecule has 106 valence electrons. The van der Waals surface area contributed by atoms with Gasteiger partial charge in [0.05, 0.1) is 12.8 Å². The van der Waals surface area contributed by atoms with Gasteiger partial charge in [-0.3, -0.25) is 0 Å². The van der Waals surface area contributed by atoms with E-state index in [2.05, 4.69) is 29.5 Å². The second-order valence-corrected chi connectivity index (χ2v) is 4.68. The number of hydrogen-bond donors (Lipinski definition) is 0. The zero-order chi connectivity index (χ0) is 15.1. The van der Waals surface area contributed by atoms with E-state index in [1.54, 1.807) is 7.11 Å². The Labute approximate surface area is 126 Å². The Bertz CT molecular complexity index is 637. The largest absolute Gasteiger partial charge is 0.497 e. The van der Waals surface area contributed by atoms with E-state index < -0.39 is 0 Å². The molecule has 2 heteroatoms. The number of hydrogen-bond acceptors (Lipinski definition) is 2. The van der Waals surface area contributed by atoms with Crippen molar-refractivity contribution in [2.45, 2.75) is 6.54 Å². The van der Waals surface area contributed by atoms with Crippen LogP contribution in [0.15, 0.2) is 61.2 Å². The van der Waals surface area contributed by atoms with Crippen LogP contribution in [0.25, 0.3) is 0 Å². The lowest BCUT2D eigenvalue weighted by molar-refractivity contribution is 0.414. The number of methoxy groups -OCH3 is 1. The first-order valence-electron chi connectivity index (χ1n) is 6.83. The van der Waals surface area contributed by atoms with Crippen molar-refractivity contribution in [1.82, 2.24) is 0 Å². The molecule has 2 aromatic carbocycles. The van der Waals surface area contributed by atoms with Gasteiger partial charge < -0.3 is 9.64 Å². The van der Waals surface area contributed by atoms with Crippen LogP contribution in [0.1, 0.15) is 11.1 Å². The highest BCUT2D eigenvalue weighted by Crippen LogP contribution is 2.22. The summed E-state index contributed by atoms with van der Waals surface area (Å²) in [4.78, 5) is 2.21. The van der Waals surface area contributed by atoms with Gasteiger partial charge in [0, 0.05) is 18.7 Å². The van der Waals surface area contributed by atoms with Gasteiger partial charge in [-0.15, -0.1) is 13.0 Å². The van der Waals surface area contributed by atoms with Gasteiger partial charge >= 0.3 is 0 Å². The highest BCUT2D eigenvalue weighted by molar-refractivity contribution is 5.60. The maximum Gasteiger partial charge on any atom is 0.118 e. The minimum atomic E-state index is 0.741. The summed E-state index contributed by atoms with van der Waals surface area (Å²) in [5, 5.41) is 0. The zero-order valence-electron chi connectivity index (χ0n) is 12.3. The molecule has 0 amide bonds. The molecule has 21 heavy (non-hydrogen) atoms. The molecule has 2 rings (SSSR count). The van der Waals surface area contributed by atoms with Crippen molar-refractivity contribution in [3.63, 3.8) is 0 Å². The summed E-state index contributed by atoms with van der Waals surface area (Å²) >= 11 is 0. The van der Waals surface area contributed by atoms with Crippen molar-refractivity contribution in [2.24, 2.45) is 0 Å². The quantitative estimate of drug-likeness (QED) is 0.587. The van der Waals surface area contributed by atoms with Gasteiger partial charge in [0.15, 0.2) is 0 Å². The Morgan fingerprint density at radius 2 is 1.90 bits per heavy atom. The van der Waals surface area contributed by atoms with Gasteiger partial charge in [-0.2, -0.15) is 0 Å². The summed E-state index contributed by atoms with van der Waals surface area (Å²) in [5.74, 6) is 3.60. The Hall–Kier alpha value is -2.66. The van der Waals surface area contributed by atoms with E-state index in [1.165, 1.54) is 5.56 Å². The number of benzene rings is 2. The molecule has 0 fully saturated rings. The second kappa shape index (κ2) is 7.21. The Kier molecular flexibility index (Phi) is 5.06. The fraction of sp³-hybridized carbons (Fsp3) is 0.158. The van der Waals surface area contributed by atoms with Gasteiger partial charge in [0.1, 0.15) is 5.75 Å². The normalized spacial score (nSPS) is 9.71. The van der Waals surface area contributed by atoms with Crippen molar-refractivity contribution < 1.29 is 4.74 Å². The number of terminal acetylenes is 1. The zero-order valence-corrected chi connectivity index (χ0v) is 12.3. The van der Waals surface area contributed by atoms with E-state index in [0.29, 0.717) is 0 Å². The first-order valence-corrected chi connectivity index (χ1v) is 6.83. The van der Waals surface area contributed by atoms with Crippen LogP contribution in [0.4, 0.5) is 5.69 Å². The first-order chi connectivity index (χ1) is 10.3. The molecule has 0 atom stereocenters. The van der Waals surface area contributed by atoms with Crippen LogP contribution in [0.5, 0.6) is 5.75 Å². The smallest absolute Gasteiger partial charge is 0.118 e. The molecule has 0 aromatic heterocycles. The van der Waals surface area contributed by atoms with E-state index in [4.69, 9.17) is 11.2 Å². The summed E-state index contributed by atoms with van der Waals surface area (Å²) in [6.45, 7) is 5.35. The minimum absolute atomic E-state index is 0.741. The monoisotopic (exact) mass is 277 g/mol. The number of para-hydroxylation sites is 1. The third-order valence-electron chi connectivity index (χ3n) is 3.28. The lowest BCUT2D eigenvalue weighted by Gasteiger charge is -2.25. The van der Waals surface area contributed by atoms with Gasteiger partial charge in [0.2, 0.25) is 0 Å². The molecule has 0 spiro atoms. The maximum atomic E-state index is 5.60. The number of nitrogens with zero attached hydrogens (tertiary/aromatic N) is 1. The molecule has 0 saturated heterocycles. The van der Waals surface area contributed by atoms with Crippen molar-refractivity contribution in [3.05, 3.63) is 72.3 Å².